The van der Waals surface area contributed by atoms with Crippen molar-refractivity contribution in [3.63, 3.8) is 0 Å². The molecule has 0 aromatic rings. The molecule has 0 heterocycles. The molecule has 0 rings (SSSR count). The van der Waals surface area contributed by atoms with Crippen molar-refractivity contribution in [1.29, 1.82) is 0 Å². The van der Waals surface area contributed by atoms with E-state index in [4.69, 9.17) is 5.53 Å². The average Bonchev–Trinajstić information content (AvgIpc) is 1.94. The first-order valence-electron chi connectivity index (χ1n) is 3.78. The Morgan fingerprint density at radius 2 is 1.77 bits per heavy atom. The Bertz CT molecular complexity index is 169. The summed E-state index contributed by atoms with van der Waals surface area (Å²) < 4.78 is 34.8. The molecule has 0 spiro atoms. The second kappa shape index (κ2) is 9.36. The van der Waals surface area contributed by atoms with E-state index in [1.54, 1.807) is 0 Å². The van der Waals surface area contributed by atoms with Crippen molar-refractivity contribution >= 4 is 6.98 Å². The van der Waals surface area contributed by atoms with Crippen LogP contribution in [0.2, 0.25) is 6.32 Å². The predicted molar refractivity (Wildman–Crippen MR) is 41.7 cm³/mol. The topological polar surface area (TPSA) is 48.8 Å². The number of rotatable bonds is 6. The van der Waals surface area contributed by atoms with E-state index < -0.39 is 13.3 Å². The molecular weight excluding hydrogens is 209 g/mol. The third kappa shape index (κ3) is 15.5. The molecule has 13 heavy (non-hydrogen) atoms. The van der Waals surface area contributed by atoms with E-state index in [9.17, 15) is 12.9 Å². The van der Waals surface area contributed by atoms with Crippen LogP contribution in [0.5, 0.6) is 0 Å². The maximum Gasteiger partial charge on any atom is 1.00 e. The third-order valence-electron chi connectivity index (χ3n) is 1.35. The minimum atomic E-state index is -4.63. The normalized spacial score (nSPS) is 10.1. The van der Waals surface area contributed by atoms with Gasteiger partial charge in [-0.15, -0.1) is 0 Å². The van der Waals surface area contributed by atoms with Gasteiger partial charge in [-0.3, -0.25) is 0 Å². The van der Waals surface area contributed by atoms with Crippen molar-refractivity contribution in [2.45, 2.75) is 25.6 Å². The van der Waals surface area contributed by atoms with Crippen LogP contribution in [0, 0.1) is 0 Å². The second-order valence-corrected chi connectivity index (χ2v) is 2.51. The van der Waals surface area contributed by atoms with Gasteiger partial charge in [0.25, 0.3) is 0 Å². The van der Waals surface area contributed by atoms with Crippen molar-refractivity contribution < 1.29 is 64.3 Å². The first-order chi connectivity index (χ1) is 5.56. The number of hydrogen-bond acceptors (Lipinski definition) is 1. The van der Waals surface area contributed by atoms with Gasteiger partial charge < -0.3 is 12.9 Å². The van der Waals surface area contributed by atoms with Crippen molar-refractivity contribution in [2.75, 3.05) is 6.54 Å². The minimum Gasteiger partial charge on any atom is -0.449 e. The van der Waals surface area contributed by atoms with Gasteiger partial charge in [-0.1, -0.05) is 24.3 Å². The molecule has 0 aliphatic rings. The predicted octanol–water partition coefficient (Wildman–Crippen LogP) is 0.318. The van der Waals surface area contributed by atoms with Gasteiger partial charge in [-0.25, -0.2) is 0 Å². The van der Waals surface area contributed by atoms with Crippen molar-refractivity contribution in [3.05, 3.63) is 10.4 Å². The fourth-order valence-electron chi connectivity index (χ4n) is 0.780. The van der Waals surface area contributed by atoms with Crippen LogP contribution in [0.15, 0.2) is 5.11 Å². The van der Waals surface area contributed by atoms with Gasteiger partial charge in [0.1, 0.15) is 0 Å². The third-order valence-corrected chi connectivity index (χ3v) is 1.35. The molecule has 3 nitrogen and oxygen atoms in total. The van der Waals surface area contributed by atoms with Crippen molar-refractivity contribution in [1.82, 2.24) is 0 Å². The molecule has 8 heteroatoms. The summed E-state index contributed by atoms with van der Waals surface area (Å²) >= 11 is 0. The number of azide groups is 1. The van der Waals surface area contributed by atoms with Crippen LogP contribution in [-0.4, -0.2) is 13.5 Å². The van der Waals surface area contributed by atoms with E-state index >= 15 is 0 Å². The van der Waals surface area contributed by atoms with Crippen molar-refractivity contribution in [3.8, 4) is 0 Å². The number of nitrogens with zero attached hydrogens (tertiary/aromatic N) is 3. The van der Waals surface area contributed by atoms with Gasteiger partial charge in [0.05, 0.1) is 0 Å². The van der Waals surface area contributed by atoms with Crippen LogP contribution in [0.1, 0.15) is 19.3 Å². The molecule has 0 saturated carbocycles. The summed E-state index contributed by atoms with van der Waals surface area (Å²) in [6.07, 6.45) is 0.469. The minimum absolute atomic E-state index is 0. The maximum atomic E-state index is 11.6. The van der Waals surface area contributed by atoms with Gasteiger partial charge in [0, 0.05) is 11.5 Å². The summed E-state index contributed by atoms with van der Waals surface area (Å²) in [7, 11) is 0. The molecule has 0 saturated heterocycles. The van der Waals surface area contributed by atoms with Crippen molar-refractivity contribution in [2.24, 2.45) is 5.11 Å². The van der Waals surface area contributed by atoms with Crippen LogP contribution in [0.3, 0.4) is 0 Å². The number of hydrogen-bond donors (Lipinski definition) is 0. The van der Waals surface area contributed by atoms with Crippen LogP contribution >= 0.6 is 0 Å². The van der Waals surface area contributed by atoms with Gasteiger partial charge >= 0.3 is 58.4 Å². The molecule has 0 N–H and O–H groups in total. The quantitative estimate of drug-likeness (QED) is 0.203. The van der Waals surface area contributed by atoms with Crippen LogP contribution in [-0.2, 0) is 0 Å². The molecule has 0 atom stereocenters. The number of unbranched alkanes of at least 4 members (excludes halogenated alkanes) is 2. The molecular formula is C5H10BF3KN3. The van der Waals surface area contributed by atoms with E-state index in [-0.39, 0.29) is 57.8 Å². The van der Waals surface area contributed by atoms with Gasteiger partial charge in [-0.05, 0) is 12.0 Å². The fourth-order valence-corrected chi connectivity index (χ4v) is 0.780. The summed E-state index contributed by atoms with van der Waals surface area (Å²) in [4.78, 5) is 2.49. The van der Waals surface area contributed by atoms with E-state index in [1.807, 2.05) is 0 Å². The SMILES string of the molecule is [K+].[N-]=[N+]=NCCCCC[B-](F)(F)F. The standard InChI is InChI=1S/C5H10BF3N3.K/c7-6(8,9)4-2-1-3-5-11-12-10;/h1-5H2;/q-1;+1. The fraction of sp³-hybridized carbons (Fsp3) is 1.00. The van der Waals surface area contributed by atoms with Gasteiger partial charge in [-0.2, -0.15) is 0 Å². The molecule has 70 valence electrons. The summed E-state index contributed by atoms with van der Waals surface area (Å²) in [5, 5.41) is 3.21. The van der Waals surface area contributed by atoms with Gasteiger partial charge in [0.15, 0.2) is 0 Å². The van der Waals surface area contributed by atoms with Crippen LogP contribution in [0.25, 0.3) is 10.4 Å². The summed E-state index contributed by atoms with van der Waals surface area (Å²) in [6, 6.07) is 0. The van der Waals surface area contributed by atoms with E-state index in [1.165, 1.54) is 0 Å². The molecule has 0 radical (unpaired) electrons. The molecule has 0 aliphatic carbocycles. The maximum absolute atomic E-state index is 11.6. The molecule has 0 aromatic heterocycles. The zero-order chi connectivity index (χ0) is 9.45. The van der Waals surface area contributed by atoms with Gasteiger partial charge in [0.2, 0.25) is 0 Å². The van der Waals surface area contributed by atoms with E-state index in [0.29, 0.717) is 19.4 Å². The smallest absolute Gasteiger partial charge is 0.449 e. The zero-order valence-electron chi connectivity index (χ0n) is 7.59. The first-order valence-corrected chi connectivity index (χ1v) is 3.78. The Morgan fingerprint density at radius 1 is 1.15 bits per heavy atom. The Kier molecular flexibility index (Phi) is 11.7. The number of halogens is 3. The molecule has 0 aliphatic heterocycles. The zero-order valence-corrected chi connectivity index (χ0v) is 10.7. The molecule has 0 unspecified atom stereocenters. The summed E-state index contributed by atoms with van der Waals surface area (Å²) in [5.41, 5.74) is 7.83. The first kappa shape index (κ1) is 16.2. The summed E-state index contributed by atoms with van der Waals surface area (Å²) in [5.74, 6) is 0. The largest absolute Gasteiger partial charge is 1.00 e. The summed E-state index contributed by atoms with van der Waals surface area (Å²) in [6.45, 7) is -4.34. The van der Waals surface area contributed by atoms with E-state index in [0.717, 1.165) is 0 Å². The van der Waals surface area contributed by atoms with Crippen LogP contribution in [0.4, 0.5) is 12.9 Å². The molecule has 0 fully saturated rings. The Labute approximate surface area is 118 Å². The molecule has 0 bridgehead atoms. The Morgan fingerprint density at radius 3 is 2.23 bits per heavy atom. The molecule has 0 aromatic carbocycles. The second-order valence-electron chi connectivity index (χ2n) is 2.51. The Balaban J connectivity index is 0. The Hall–Kier alpha value is 0.801. The van der Waals surface area contributed by atoms with Crippen LogP contribution < -0.4 is 51.4 Å². The van der Waals surface area contributed by atoms with E-state index in [2.05, 4.69) is 10.0 Å². The monoisotopic (exact) mass is 219 g/mol. The average molecular weight is 219 g/mol. The molecule has 0 amide bonds.